The third kappa shape index (κ3) is 2.46. The summed E-state index contributed by atoms with van der Waals surface area (Å²) in [7, 11) is 0. The Morgan fingerprint density at radius 2 is 2.07 bits per heavy atom. The molecule has 1 fully saturated rings. The first-order chi connectivity index (χ1) is 7.07. The number of aryl methyl sites for hydroxylation is 1. The van der Waals surface area contributed by atoms with E-state index >= 15 is 0 Å². The zero-order chi connectivity index (χ0) is 10.9. The maximum Gasteiger partial charge on any atom is 0.147 e. The minimum Gasteiger partial charge on any atom is -0.355 e. The van der Waals surface area contributed by atoms with E-state index in [0.29, 0.717) is 5.41 Å². The van der Waals surface area contributed by atoms with Crippen molar-refractivity contribution in [1.29, 1.82) is 0 Å². The molecular formula is C12H19N3. The lowest BCUT2D eigenvalue weighted by Gasteiger charge is -2.38. The van der Waals surface area contributed by atoms with Gasteiger partial charge in [-0.15, -0.1) is 0 Å². The summed E-state index contributed by atoms with van der Waals surface area (Å²) in [6.07, 6.45) is 6.29. The van der Waals surface area contributed by atoms with E-state index in [1.165, 1.54) is 12.8 Å². The Morgan fingerprint density at radius 1 is 1.27 bits per heavy atom. The normalized spacial score (nSPS) is 20.3. The molecule has 1 aliphatic rings. The second kappa shape index (κ2) is 3.80. The minimum atomic E-state index is 0.408. The predicted molar refractivity (Wildman–Crippen MR) is 62.0 cm³/mol. The fourth-order valence-electron chi connectivity index (χ4n) is 2.17. The first-order valence-corrected chi connectivity index (χ1v) is 5.60. The van der Waals surface area contributed by atoms with Crippen molar-refractivity contribution in [2.75, 3.05) is 18.0 Å². The molecule has 0 bridgehead atoms. The van der Waals surface area contributed by atoms with E-state index in [2.05, 4.69) is 28.7 Å². The summed E-state index contributed by atoms with van der Waals surface area (Å²) < 4.78 is 0. The SMILES string of the molecule is Cc1cnc(N2CCCC(C)(C)C2)cn1. The van der Waals surface area contributed by atoms with Gasteiger partial charge >= 0.3 is 0 Å². The third-order valence-electron chi connectivity index (χ3n) is 2.99. The molecule has 3 heteroatoms. The van der Waals surface area contributed by atoms with Gasteiger partial charge in [0.2, 0.25) is 0 Å². The Labute approximate surface area is 91.5 Å². The van der Waals surface area contributed by atoms with Crippen LogP contribution in [-0.4, -0.2) is 23.1 Å². The number of rotatable bonds is 1. The van der Waals surface area contributed by atoms with Gasteiger partial charge in [-0.1, -0.05) is 13.8 Å². The summed E-state index contributed by atoms with van der Waals surface area (Å²) in [5.74, 6) is 1.02. The van der Waals surface area contributed by atoms with Crippen LogP contribution in [0.1, 0.15) is 32.4 Å². The van der Waals surface area contributed by atoms with Crippen LogP contribution >= 0.6 is 0 Å². The van der Waals surface area contributed by atoms with Gasteiger partial charge in [-0.05, 0) is 25.2 Å². The van der Waals surface area contributed by atoms with Crippen molar-refractivity contribution in [2.45, 2.75) is 33.6 Å². The van der Waals surface area contributed by atoms with E-state index in [1.54, 1.807) is 0 Å². The van der Waals surface area contributed by atoms with E-state index in [9.17, 15) is 0 Å². The summed E-state index contributed by atoms with van der Waals surface area (Å²) in [5, 5.41) is 0. The van der Waals surface area contributed by atoms with Gasteiger partial charge in [0, 0.05) is 13.1 Å². The highest BCUT2D eigenvalue weighted by Gasteiger charge is 2.26. The molecule has 3 nitrogen and oxygen atoms in total. The molecule has 0 radical (unpaired) electrons. The highest BCUT2D eigenvalue weighted by Crippen LogP contribution is 2.30. The third-order valence-corrected chi connectivity index (χ3v) is 2.99. The van der Waals surface area contributed by atoms with Crippen molar-refractivity contribution in [2.24, 2.45) is 5.41 Å². The van der Waals surface area contributed by atoms with E-state index in [1.807, 2.05) is 19.3 Å². The summed E-state index contributed by atoms with van der Waals surface area (Å²) in [5.41, 5.74) is 1.39. The molecule has 0 N–H and O–H groups in total. The standard InChI is InChI=1S/C12H19N3/c1-10-7-14-11(8-13-10)15-6-4-5-12(2,3)9-15/h7-8H,4-6,9H2,1-3H3. The van der Waals surface area contributed by atoms with Crippen molar-refractivity contribution < 1.29 is 0 Å². The van der Waals surface area contributed by atoms with Crippen molar-refractivity contribution in [3.05, 3.63) is 18.1 Å². The van der Waals surface area contributed by atoms with E-state index in [4.69, 9.17) is 0 Å². The van der Waals surface area contributed by atoms with Gasteiger partial charge in [0.15, 0.2) is 0 Å². The topological polar surface area (TPSA) is 29.0 Å². The fraction of sp³-hybridized carbons (Fsp3) is 0.667. The van der Waals surface area contributed by atoms with Crippen LogP contribution in [0.2, 0.25) is 0 Å². The van der Waals surface area contributed by atoms with Crippen molar-refractivity contribution >= 4 is 5.82 Å². The smallest absolute Gasteiger partial charge is 0.147 e. The number of piperidine rings is 1. The molecule has 0 amide bonds. The van der Waals surface area contributed by atoms with Gasteiger partial charge in [0.05, 0.1) is 18.1 Å². The number of anilines is 1. The Kier molecular flexibility index (Phi) is 2.63. The zero-order valence-corrected chi connectivity index (χ0v) is 9.82. The van der Waals surface area contributed by atoms with E-state index in [0.717, 1.165) is 24.6 Å². The lowest BCUT2D eigenvalue weighted by Crippen LogP contribution is -2.40. The molecule has 0 saturated carbocycles. The van der Waals surface area contributed by atoms with Crippen molar-refractivity contribution in [3.8, 4) is 0 Å². The Hall–Kier alpha value is -1.12. The van der Waals surface area contributed by atoms with Crippen molar-refractivity contribution in [1.82, 2.24) is 9.97 Å². The van der Waals surface area contributed by atoms with Crippen LogP contribution in [0.25, 0.3) is 0 Å². The first kappa shape index (κ1) is 10.4. The summed E-state index contributed by atoms with van der Waals surface area (Å²) in [4.78, 5) is 11.1. The Balaban J connectivity index is 2.13. The monoisotopic (exact) mass is 205 g/mol. The molecule has 1 aromatic heterocycles. The largest absolute Gasteiger partial charge is 0.355 e. The molecule has 82 valence electrons. The van der Waals surface area contributed by atoms with Gasteiger partial charge in [0.25, 0.3) is 0 Å². The zero-order valence-electron chi connectivity index (χ0n) is 9.82. The summed E-state index contributed by atoms with van der Waals surface area (Å²) in [6, 6.07) is 0. The minimum absolute atomic E-state index is 0.408. The second-order valence-electron chi connectivity index (χ2n) is 5.21. The molecule has 2 rings (SSSR count). The second-order valence-corrected chi connectivity index (χ2v) is 5.21. The van der Waals surface area contributed by atoms with Crippen LogP contribution in [0.3, 0.4) is 0 Å². The van der Waals surface area contributed by atoms with Crippen LogP contribution < -0.4 is 4.90 Å². The molecule has 0 atom stereocenters. The van der Waals surface area contributed by atoms with Gasteiger partial charge < -0.3 is 4.90 Å². The van der Waals surface area contributed by atoms with Crippen LogP contribution in [0.4, 0.5) is 5.82 Å². The Bertz CT molecular complexity index is 329. The van der Waals surface area contributed by atoms with Gasteiger partial charge in [-0.25, -0.2) is 4.98 Å². The maximum absolute atomic E-state index is 4.43. The van der Waals surface area contributed by atoms with Crippen LogP contribution in [0.15, 0.2) is 12.4 Å². The average molecular weight is 205 g/mol. The molecule has 1 aliphatic heterocycles. The van der Waals surface area contributed by atoms with Crippen molar-refractivity contribution in [3.63, 3.8) is 0 Å². The molecule has 1 aromatic rings. The quantitative estimate of drug-likeness (QED) is 0.705. The maximum atomic E-state index is 4.43. The van der Waals surface area contributed by atoms with Gasteiger partial charge in [-0.2, -0.15) is 0 Å². The lowest BCUT2D eigenvalue weighted by atomic mass is 9.84. The van der Waals surface area contributed by atoms with Gasteiger partial charge in [0.1, 0.15) is 5.82 Å². The molecule has 0 unspecified atom stereocenters. The van der Waals surface area contributed by atoms with Crippen LogP contribution in [-0.2, 0) is 0 Å². The fourth-order valence-corrected chi connectivity index (χ4v) is 2.17. The summed E-state index contributed by atoms with van der Waals surface area (Å²) in [6.45, 7) is 8.81. The van der Waals surface area contributed by atoms with Gasteiger partial charge in [-0.3, -0.25) is 4.98 Å². The molecule has 0 aliphatic carbocycles. The molecule has 1 saturated heterocycles. The molecular weight excluding hydrogens is 186 g/mol. The number of aromatic nitrogens is 2. The molecule has 0 aromatic carbocycles. The Morgan fingerprint density at radius 3 is 2.67 bits per heavy atom. The molecule has 15 heavy (non-hydrogen) atoms. The van der Waals surface area contributed by atoms with Crippen LogP contribution in [0.5, 0.6) is 0 Å². The molecule has 0 spiro atoms. The van der Waals surface area contributed by atoms with Crippen LogP contribution in [0, 0.1) is 12.3 Å². The van der Waals surface area contributed by atoms with E-state index in [-0.39, 0.29) is 0 Å². The number of nitrogens with zero attached hydrogens (tertiary/aromatic N) is 3. The molecule has 2 heterocycles. The number of hydrogen-bond donors (Lipinski definition) is 0. The first-order valence-electron chi connectivity index (χ1n) is 5.60. The summed E-state index contributed by atoms with van der Waals surface area (Å²) >= 11 is 0. The predicted octanol–water partition coefficient (Wildman–Crippen LogP) is 2.41. The highest BCUT2D eigenvalue weighted by molar-refractivity contribution is 5.36. The highest BCUT2D eigenvalue weighted by atomic mass is 15.2. The van der Waals surface area contributed by atoms with E-state index < -0.39 is 0 Å². The average Bonchev–Trinajstić information content (AvgIpc) is 2.17. The lowest BCUT2D eigenvalue weighted by molar-refractivity contribution is 0.292. The number of hydrogen-bond acceptors (Lipinski definition) is 3.